The van der Waals surface area contributed by atoms with Crippen molar-refractivity contribution in [3.8, 4) is 0 Å². The molecule has 0 amide bonds. The summed E-state index contributed by atoms with van der Waals surface area (Å²) in [5, 5.41) is 6.72. The maximum Gasteiger partial charge on any atom is 0.190 e. The number of nitrogens with one attached hydrogen (secondary N) is 2. The van der Waals surface area contributed by atoms with E-state index in [1.54, 1.807) is 0 Å². The van der Waals surface area contributed by atoms with Crippen molar-refractivity contribution in [2.24, 2.45) is 4.99 Å². The summed E-state index contributed by atoms with van der Waals surface area (Å²) in [6, 6.07) is 10.6. The standard InChI is InChI=1S/C16H28N4.HI/c1-14(15-9-6-5-7-10-15)13-19-16(17-2)18-11-8-12-20(3)4;/h5-7,9-10,14H,8,11-13H2,1-4H3,(H2,17,18,19);1H. The van der Waals surface area contributed by atoms with Crippen molar-refractivity contribution < 1.29 is 0 Å². The highest BCUT2D eigenvalue weighted by Gasteiger charge is 2.05. The van der Waals surface area contributed by atoms with E-state index in [0.717, 1.165) is 32.0 Å². The molecule has 0 aliphatic carbocycles. The Kier molecular flexibility index (Phi) is 11.3. The van der Waals surface area contributed by atoms with E-state index in [1.807, 2.05) is 7.05 Å². The Bertz CT molecular complexity index is 393. The Hall–Kier alpha value is -0.820. The molecule has 4 nitrogen and oxygen atoms in total. The third-order valence-electron chi connectivity index (χ3n) is 3.24. The molecular formula is C16H29IN4. The molecule has 1 aromatic rings. The molecule has 0 radical (unpaired) electrons. The highest BCUT2D eigenvalue weighted by atomic mass is 127. The Morgan fingerprint density at radius 1 is 1.19 bits per heavy atom. The van der Waals surface area contributed by atoms with E-state index in [9.17, 15) is 0 Å². The lowest BCUT2D eigenvalue weighted by molar-refractivity contribution is 0.399. The second-order valence-corrected chi connectivity index (χ2v) is 5.35. The fourth-order valence-corrected chi connectivity index (χ4v) is 1.97. The van der Waals surface area contributed by atoms with Gasteiger partial charge in [-0.2, -0.15) is 0 Å². The number of nitrogens with zero attached hydrogens (tertiary/aromatic N) is 2. The van der Waals surface area contributed by atoms with Gasteiger partial charge in [0, 0.05) is 20.1 Å². The molecule has 2 N–H and O–H groups in total. The first-order chi connectivity index (χ1) is 9.63. The van der Waals surface area contributed by atoms with Gasteiger partial charge in [-0.25, -0.2) is 0 Å². The van der Waals surface area contributed by atoms with Crippen LogP contribution in [0.25, 0.3) is 0 Å². The first-order valence-corrected chi connectivity index (χ1v) is 7.27. The van der Waals surface area contributed by atoms with E-state index in [0.29, 0.717) is 5.92 Å². The summed E-state index contributed by atoms with van der Waals surface area (Å²) in [7, 11) is 6.00. The van der Waals surface area contributed by atoms with Gasteiger partial charge in [-0.05, 0) is 38.5 Å². The molecule has 0 aliphatic heterocycles. The van der Waals surface area contributed by atoms with Crippen molar-refractivity contribution in [3.63, 3.8) is 0 Å². The maximum absolute atomic E-state index is 4.25. The molecule has 0 aliphatic rings. The van der Waals surface area contributed by atoms with Gasteiger partial charge in [-0.15, -0.1) is 24.0 Å². The molecule has 0 saturated heterocycles. The van der Waals surface area contributed by atoms with Crippen LogP contribution in [0.2, 0.25) is 0 Å². The average Bonchev–Trinajstić information content (AvgIpc) is 2.47. The van der Waals surface area contributed by atoms with Gasteiger partial charge in [0.05, 0.1) is 0 Å². The molecule has 21 heavy (non-hydrogen) atoms. The lowest BCUT2D eigenvalue weighted by Gasteiger charge is -2.17. The van der Waals surface area contributed by atoms with Crippen molar-refractivity contribution in [3.05, 3.63) is 35.9 Å². The Balaban J connectivity index is 0.00000400. The Labute approximate surface area is 146 Å². The number of benzene rings is 1. The van der Waals surface area contributed by atoms with Gasteiger partial charge in [0.25, 0.3) is 0 Å². The van der Waals surface area contributed by atoms with Gasteiger partial charge in [-0.1, -0.05) is 37.3 Å². The van der Waals surface area contributed by atoms with Crippen LogP contribution in [0.15, 0.2) is 35.3 Å². The SMILES string of the molecule is CN=C(NCCCN(C)C)NCC(C)c1ccccc1.I. The number of guanidine groups is 1. The van der Waals surface area contributed by atoms with Gasteiger partial charge >= 0.3 is 0 Å². The van der Waals surface area contributed by atoms with Gasteiger partial charge in [0.1, 0.15) is 0 Å². The van der Waals surface area contributed by atoms with Crippen LogP contribution < -0.4 is 10.6 Å². The summed E-state index contributed by atoms with van der Waals surface area (Å²) in [5.74, 6) is 1.35. The zero-order chi connectivity index (χ0) is 14.8. The van der Waals surface area contributed by atoms with E-state index in [2.05, 4.69) is 71.9 Å². The van der Waals surface area contributed by atoms with E-state index >= 15 is 0 Å². The highest BCUT2D eigenvalue weighted by molar-refractivity contribution is 14.0. The van der Waals surface area contributed by atoms with E-state index in [-0.39, 0.29) is 24.0 Å². The van der Waals surface area contributed by atoms with Gasteiger partial charge in [0.15, 0.2) is 5.96 Å². The first-order valence-electron chi connectivity index (χ1n) is 7.27. The van der Waals surface area contributed by atoms with Crippen LogP contribution in [0.3, 0.4) is 0 Å². The van der Waals surface area contributed by atoms with Gasteiger partial charge < -0.3 is 15.5 Å². The molecule has 0 saturated carbocycles. The summed E-state index contributed by atoms with van der Waals surface area (Å²) in [4.78, 5) is 6.44. The van der Waals surface area contributed by atoms with Crippen LogP contribution in [-0.2, 0) is 0 Å². The summed E-state index contributed by atoms with van der Waals surface area (Å²) >= 11 is 0. The molecule has 1 unspecified atom stereocenters. The topological polar surface area (TPSA) is 39.7 Å². The number of hydrogen-bond donors (Lipinski definition) is 2. The minimum atomic E-state index is 0. The third kappa shape index (κ3) is 8.93. The third-order valence-corrected chi connectivity index (χ3v) is 3.24. The van der Waals surface area contributed by atoms with Gasteiger partial charge in [0.2, 0.25) is 0 Å². The molecule has 1 aromatic carbocycles. The maximum atomic E-state index is 4.25. The monoisotopic (exact) mass is 404 g/mol. The molecular weight excluding hydrogens is 375 g/mol. The van der Waals surface area contributed by atoms with Crippen LogP contribution in [-0.4, -0.2) is 51.6 Å². The van der Waals surface area contributed by atoms with Crippen molar-refractivity contribution in [1.82, 2.24) is 15.5 Å². The summed E-state index contributed by atoms with van der Waals surface area (Å²) in [5.41, 5.74) is 1.35. The van der Waals surface area contributed by atoms with E-state index in [1.165, 1.54) is 5.56 Å². The zero-order valence-corrected chi connectivity index (χ0v) is 15.9. The minimum absolute atomic E-state index is 0. The molecule has 120 valence electrons. The van der Waals surface area contributed by atoms with E-state index in [4.69, 9.17) is 0 Å². The highest BCUT2D eigenvalue weighted by Crippen LogP contribution is 2.12. The molecule has 5 heteroatoms. The molecule has 0 spiro atoms. The lowest BCUT2D eigenvalue weighted by Crippen LogP contribution is -2.40. The molecule has 0 heterocycles. The van der Waals surface area contributed by atoms with Crippen LogP contribution in [0.5, 0.6) is 0 Å². The molecule has 1 atom stereocenters. The summed E-state index contributed by atoms with van der Waals surface area (Å²) in [6.07, 6.45) is 1.11. The van der Waals surface area contributed by atoms with Crippen molar-refractivity contribution in [2.45, 2.75) is 19.3 Å². The number of aliphatic imine (C=N–C) groups is 1. The predicted octanol–water partition coefficient (Wildman–Crippen LogP) is 2.52. The largest absolute Gasteiger partial charge is 0.356 e. The fourth-order valence-electron chi connectivity index (χ4n) is 1.97. The van der Waals surface area contributed by atoms with Crippen LogP contribution >= 0.6 is 24.0 Å². The second-order valence-electron chi connectivity index (χ2n) is 5.35. The summed E-state index contributed by atoms with van der Waals surface area (Å²) < 4.78 is 0. The van der Waals surface area contributed by atoms with Crippen molar-refractivity contribution in [1.29, 1.82) is 0 Å². The average molecular weight is 404 g/mol. The van der Waals surface area contributed by atoms with Crippen LogP contribution in [0.1, 0.15) is 24.8 Å². The molecule has 0 fully saturated rings. The second kappa shape index (κ2) is 11.8. The van der Waals surface area contributed by atoms with Gasteiger partial charge in [-0.3, -0.25) is 4.99 Å². The lowest BCUT2D eigenvalue weighted by atomic mass is 10.0. The fraction of sp³-hybridized carbons (Fsp3) is 0.562. The number of hydrogen-bond acceptors (Lipinski definition) is 2. The predicted molar refractivity (Wildman–Crippen MR) is 103 cm³/mol. The molecule has 0 aromatic heterocycles. The zero-order valence-electron chi connectivity index (χ0n) is 13.6. The smallest absolute Gasteiger partial charge is 0.190 e. The minimum Gasteiger partial charge on any atom is -0.356 e. The van der Waals surface area contributed by atoms with Crippen LogP contribution in [0.4, 0.5) is 0 Å². The van der Waals surface area contributed by atoms with Crippen molar-refractivity contribution >= 4 is 29.9 Å². The van der Waals surface area contributed by atoms with E-state index < -0.39 is 0 Å². The Morgan fingerprint density at radius 2 is 1.86 bits per heavy atom. The van der Waals surface area contributed by atoms with Crippen LogP contribution in [0, 0.1) is 0 Å². The summed E-state index contributed by atoms with van der Waals surface area (Å²) in [6.45, 7) is 5.14. The first kappa shape index (κ1) is 20.2. The van der Waals surface area contributed by atoms with Crippen molar-refractivity contribution in [2.75, 3.05) is 40.8 Å². The molecule has 0 bridgehead atoms. The Morgan fingerprint density at radius 3 is 2.43 bits per heavy atom. The quantitative estimate of drug-likeness (QED) is 0.318. The number of rotatable bonds is 7. The molecule has 1 rings (SSSR count). The number of halogens is 1. The normalized spacial score (nSPS) is 12.7.